The third-order valence-corrected chi connectivity index (χ3v) is 5.86. The van der Waals surface area contributed by atoms with Crippen LogP contribution in [0.25, 0.3) is 11.1 Å². The lowest BCUT2D eigenvalue weighted by Crippen LogP contribution is -2.39. The van der Waals surface area contributed by atoms with Crippen LogP contribution in [0.15, 0.2) is 42.7 Å². The van der Waals surface area contributed by atoms with Gasteiger partial charge < -0.3 is 19.8 Å². The number of nitrogens with one attached hydrogen (secondary N) is 2. The van der Waals surface area contributed by atoms with E-state index in [0.29, 0.717) is 5.92 Å². The summed E-state index contributed by atoms with van der Waals surface area (Å²) in [5.41, 5.74) is 2.77. The molecule has 0 unspecified atom stereocenters. The number of nitrogens with zero attached hydrogens (tertiary/aromatic N) is 4. The van der Waals surface area contributed by atoms with Crippen molar-refractivity contribution in [2.45, 2.75) is 31.8 Å². The van der Waals surface area contributed by atoms with E-state index in [0.717, 1.165) is 73.9 Å². The average molecular weight is 376 g/mol. The van der Waals surface area contributed by atoms with E-state index in [1.54, 1.807) is 0 Å². The lowest BCUT2D eigenvalue weighted by atomic mass is 9.95. The van der Waals surface area contributed by atoms with Crippen LogP contribution in [0.2, 0.25) is 0 Å². The van der Waals surface area contributed by atoms with E-state index in [9.17, 15) is 4.79 Å². The topological polar surface area (TPSA) is 78.8 Å². The molecule has 0 radical (unpaired) electrons. The lowest BCUT2D eigenvalue weighted by Gasteiger charge is -2.32. The smallest absolute Gasteiger partial charge is 0.256 e. The number of benzene rings is 1. The maximum atomic E-state index is 13.1. The number of amides is 1. The summed E-state index contributed by atoms with van der Waals surface area (Å²) in [5, 5.41) is 12.1. The summed E-state index contributed by atoms with van der Waals surface area (Å²) < 4.78 is 2.26. The van der Waals surface area contributed by atoms with E-state index >= 15 is 0 Å². The molecule has 0 aliphatic carbocycles. The molecule has 2 aliphatic heterocycles. The largest absolute Gasteiger partial charge is 0.366 e. The Hall–Kier alpha value is -2.93. The average Bonchev–Trinajstić information content (AvgIpc) is 3.41. The van der Waals surface area contributed by atoms with E-state index in [1.165, 1.54) is 0 Å². The highest BCUT2D eigenvalue weighted by Crippen LogP contribution is 2.30. The van der Waals surface area contributed by atoms with Gasteiger partial charge in [-0.05, 0) is 18.4 Å². The second-order valence-electron chi connectivity index (χ2n) is 7.52. The second kappa shape index (κ2) is 7.24. The maximum absolute atomic E-state index is 13.1. The summed E-state index contributed by atoms with van der Waals surface area (Å²) in [5.74, 6) is 2.60. The van der Waals surface area contributed by atoms with Crippen molar-refractivity contribution in [1.29, 1.82) is 0 Å². The lowest BCUT2D eigenvalue weighted by molar-refractivity contribution is 0.0711. The number of fused-ring (bicyclic) bond motifs is 1. The van der Waals surface area contributed by atoms with Gasteiger partial charge in [-0.1, -0.05) is 30.3 Å². The van der Waals surface area contributed by atoms with Crippen LogP contribution < -0.4 is 5.32 Å². The summed E-state index contributed by atoms with van der Waals surface area (Å²) in [6.07, 6.45) is 5.59. The minimum Gasteiger partial charge on any atom is -0.366 e. The van der Waals surface area contributed by atoms with Gasteiger partial charge in [-0.25, -0.2) is 0 Å². The Morgan fingerprint density at radius 3 is 2.68 bits per heavy atom. The van der Waals surface area contributed by atoms with Crippen LogP contribution in [0.4, 0.5) is 0 Å². The van der Waals surface area contributed by atoms with Crippen LogP contribution in [-0.4, -0.2) is 50.2 Å². The predicted molar refractivity (Wildman–Crippen MR) is 106 cm³/mol. The number of likely N-dealkylation sites (tertiary alicyclic amines) is 1. The number of carbonyl (C=O) groups is 1. The third-order valence-electron chi connectivity index (χ3n) is 5.86. The first-order valence-electron chi connectivity index (χ1n) is 9.95. The summed E-state index contributed by atoms with van der Waals surface area (Å²) in [7, 11) is 0. The first-order valence-corrected chi connectivity index (χ1v) is 9.95. The summed E-state index contributed by atoms with van der Waals surface area (Å²) >= 11 is 0. The Kier molecular flexibility index (Phi) is 4.44. The minimum atomic E-state index is 0.103. The van der Waals surface area contributed by atoms with Gasteiger partial charge in [0.1, 0.15) is 11.6 Å². The molecule has 3 aromatic rings. The molecule has 0 atom stereocenters. The number of piperidine rings is 1. The van der Waals surface area contributed by atoms with E-state index in [-0.39, 0.29) is 5.91 Å². The number of hydrogen-bond acceptors (Lipinski definition) is 4. The predicted octanol–water partition coefficient (Wildman–Crippen LogP) is 2.40. The van der Waals surface area contributed by atoms with Crippen LogP contribution in [0.3, 0.4) is 0 Å². The van der Waals surface area contributed by atoms with Crippen molar-refractivity contribution < 1.29 is 4.79 Å². The van der Waals surface area contributed by atoms with Gasteiger partial charge in [0, 0.05) is 50.1 Å². The van der Waals surface area contributed by atoms with E-state index in [4.69, 9.17) is 0 Å². The molecule has 1 aromatic carbocycles. The molecule has 2 aromatic heterocycles. The Labute approximate surface area is 163 Å². The number of rotatable bonds is 3. The highest BCUT2D eigenvalue weighted by molar-refractivity contribution is 6.00. The molecule has 2 N–H and O–H groups in total. The van der Waals surface area contributed by atoms with Crippen LogP contribution in [0.1, 0.15) is 40.8 Å². The second-order valence-corrected chi connectivity index (χ2v) is 7.52. The first kappa shape index (κ1) is 17.2. The molecule has 4 heterocycles. The Balaban J connectivity index is 1.30. The van der Waals surface area contributed by atoms with Gasteiger partial charge in [-0.3, -0.25) is 4.79 Å². The van der Waals surface area contributed by atoms with Crippen molar-refractivity contribution >= 4 is 5.91 Å². The number of carbonyl (C=O) groups excluding carboxylic acids is 1. The van der Waals surface area contributed by atoms with Crippen LogP contribution in [0, 0.1) is 0 Å². The molecule has 1 fully saturated rings. The molecule has 1 saturated heterocycles. The van der Waals surface area contributed by atoms with Gasteiger partial charge in [0.05, 0.1) is 12.1 Å². The molecule has 2 aliphatic rings. The molecule has 28 heavy (non-hydrogen) atoms. The molecular weight excluding hydrogens is 352 g/mol. The summed E-state index contributed by atoms with van der Waals surface area (Å²) in [6, 6.07) is 10.1. The van der Waals surface area contributed by atoms with Gasteiger partial charge in [0.15, 0.2) is 0 Å². The van der Waals surface area contributed by atoms with Gasteiger partial charge >= 0.3 is 0 Å². The number of hydrogen-bond donors (Lipinski definition) is 2. The number of H-pyrrole nitrogens is 1. The quantitative estimate of drug-likeness (QED) is 0.736. The number of aromatic nitrogens is 4. The molecular formula is C21H24N6O. The fourth-order valence-electron chi connectivity index (χ4n) is 4.33. The van der Waals surface area contributed by atoms with Gasteiger partial charge in [-0.2, -0.15) is 0 Å². The van der Waals surface area contributed by atoms with Crippen molar-refractivity contribution in [1.82, 2.24) is 30.0 Å². The zero-order valence-electron chi connectivity index (χ0n) is 15.8. The molecule has 7 heteroatoms. The summed E-state index contributed by atoms with van der Waals surface area (Å²) in [6.45, 7) is 4.19. The van der Waals surface area contributed by atoms with E-state index < -0.39 is 0 Å². The summed E-state index contributed by atoms with van der Waals surface area (Å²) in [4.78, 5) is 18.2. The van der Waals surface area contributed by atoms with Crippen molar-refractivity contribution in [3.63, 3.8) is 0 Å². The standard InChI is InChI=1S/C21H24N6O/c28-21(18-13-23-12-17(18)15-4-2-1-3-5-15)26-9-6-16(7-10-26)20-25-24-19-14-22-8-11-27(19)20/h1-5,12-13,16,22-23H,6-11,14H2. The third kappa shape index (κ3) is 3.01. The van der Waals surface area contributed by atoms with Gasteiger partial charge in [0.2, 0.25) is 0 Å². The van der Waals surface area contributed by atoms with Crippen LogP contribution >= 0.6 is 0 Å². The molecule has 144 valence electrons. The fraction of sp³-hybridized carbons (Fsp3) is 0.381. The van der Waals surface area contributed by atoms with Crippen LogP contribution in [0.5, 0.6) is 0 Å². The highest BCUT2D eigenvalue weighted by atomic mass is 16.2. The zero-order valence-corrected chi connectivity index (χ0v) is 15.8. The Morgan fingerprint density at radius 2 is 1.86 bits per heavy atom. The van der Waals surface area contributed by atoms with Crippen LogP contribution in [-0.2, 0) is 13.1 Å². The van der Waals surface area contributed by atoms with Gasteiger partial charge in [0.25, 0.3) is 5.91 Å². The van der Waals surface area contributed by atoms with Gasteiger partial charge in [-0.15, -0.1) is 10.2 Å². The monoisotopic (exact) mass is 376 g/mol. The maximum Gasteiger partial charge on any atom is 0.256 e. The molecule has 1 amide bonds. The normalized spacial score (nSPS) is 17.5. The highest BCUT2D eigenvalue weighted by Gasteiger charge is 2.30. The SMILES string of the molecule is O=C(c1c[nH]cc1-c1ccccc1)N1CCC(c2nnc3n2CCNC3)CC1. The number of aromatic amines is 1. The first-order chi connectivity index (χ1) is 13.8. The molecule has 0 spiro atoms. The molecule has 5 rings (SSSR count). The minimum absolute atomic E-state index is 0.103. The fourth-order valence-corrected chi connectivity index (χ4v) is 4.33. The van der Waals surface area contributed by atoms with Crippen molar-refractivity contribution in [3.05, 3.63) is 59.9 Å². The van der Waals surface area contributed by atoms with E-state index in [2.05, 4.69) is 25.1 Å². The Bertz CT molecular complexity index is 968. The van der Waals surface area contributed by atoms with E-state index in [1.807, 2.05) is 47.6 Å². The molecule has 7 nitrogen and oxygen atoms in total. The molecule has 0 bridgehead atoms. The van der Waals surface area contributed by atoms with Crippen molar-refractivity contribution in [3.8, 4) is 11.1 Å². The van der Waals surface area contributed by atoms with Crippen molar-refractivity contribution in [2.24, 2.45) is 0 Å². The Morgan fingerprint density at radius 1 is 1.04 bits per heavy atom. The zero-order chi connectivity index (χ0) is 18.9. The molecule has 0 saturated carbocycles. The van der Waals surface area contributed by atoms with Crippen molar-refractivity contribution in [2.75, 3.05) is 19.6 Å².